The van der Waals surface area contributed by atoms with Gasteiger partial charge in [0.05, 0.1) is 18.8 Å². The summed E-state index contributed by atoms with van der Waals surface area (Å²) in [5.74, 6) is 0. The van der Waals surface area contributed by atoms with Crippen molar-refractivity contribution >= 4 is 8.25 Å². The Morgan fingerprint density at radius 2 is 1.60 bits per heavy atom. The van der Waals surface area contributed by atoms with Gasteiger partial charge in [-0.2, -0.15) is 0 Å². The molecule has 2 rings (SSSR count). The van der Waals surface area contributed by atoms with Crippen molar-refractivity contribution in [3.63, 3.8) is 0 Å². The molecule has 0 heterocycles. The van der Waals surface area contributed by atoms with Gasteiger partial charge in [-0.05, 0) is 23.8 Å². The van der Waals surface area contributed by atoms with Crippen LogP contribution in [0.4, 0.5) is 0 Å². The molecule has 6 heteroatoms. The fourth-order valence-electron chi connectivity index (χ4n) is 3.68. The van der Waals surface area contributed by atoms with Gasteiger partial charge >= 0.3 is 8.25 Å². The van der Waals surface area contributed by atoms with Crippen LogP contribution in [0, 0.1) is 5.41 Å². The number of benzene rings is 1. The number of rotatable bonds is 9. The largest absolute Gasteiger partial charge is 0.379 e. The Morgan fingerprint density at radius 1 is 1.04 bits per heavy atom. The van der Waals surface area contributed by atoms with E-state index in [0.717, 1.165) is 31.2 Å². The van der Waals surface area contributed by atoms with Crippen molar-refractivity contribution in [1.29, 1.82) is 0 Å². The summed E-state index contributed by atoms with van der Waals surface area (Å²) >= 11 is 0. The molecule has 142 valence electrons. The van der Waals surface area contributed by atoms with Gasteiger partial charge in [0.15, 0.2) is 0 Å². The normalized spacial score (nSPS) is 27.1. The summed E-state index contributed by atoms with van der Waals surface area (Å²) in [6, 6.07) is 9.65. The van der Waals surface area contributed by atoms with Crippen molar-refractivity contribution in [2.24, 2.45) is 5.41 Å². The van der Waals surface area contributed by atoms with Crippen LogP contribution in [0.5, 0.6) is 0 Å². The van der Waals surface area contributed by atoms with E-state index in [9.17, 15) is 4.57 Å². The van der Waals surface area contributed by atoms with Crippen LogP contribution in [0.2, 0.25) is 0 Å². The highest BCUT2D eigenvalue weighted by molar-refractivity contribution is 7.33. The lowest BCUT2D eigenvalue weighted by atomic mass is 9.67. The minimum absolute atomic E-state index is 0.145. The molecule has 0 N–H and O–H groups in total. The van der Waals surface area contributed by atoms with Crippen molar-refractivity contribution in [3.8, 4) is 0 Å². The Balaban J connectivity index is 1.99. The molecular weight excluding hydrogens is 339 g/mol. The summed E-state index contributed by atoms with van der Waals surface area (Å²) in [5, 5.41) is 0. The minimum Gasteiger partial charge on any atom is -0.379 e. The average Bonchev–Trinajstić information content (AvgIpc) is 2.67. The van der Waals surface area contributed by atoms with Crippen LogP contribution in [0.15, 0.2) is 30.3 Å². The highest BCUT2D eigenvalue weighted by Gasteiger charge is 2.46. The second-order valence-corrected chi connectivity index (χ2v) is 7.79. The lowest BCUT2D eigenvalue weighted by Crippen LogP contribution is -2.51. The average molecular weight is 370 g/mol. The fourth-order valence-corrected chi connectivity index (χ4v) is 4.56. The Kier molecular flexibility index (Phi) is 8.11. The first-order chi connectivity index (χ1) is 12.1. The molecule has 1 aromatic rings. The smallest absolute Gasteiger partial charge is 0.319 e. The first-order valence-electron chi connectivity index (χ1n) is 9.00. The molecular formula is C19H31O5P. The van der Waals surface area contributed by atoms with Gasteiger partial charge in [-0.1, -0.05) is 57.0 Å². The van der Waals surface area contributed by atoms with Crippen molar-refractivity contribution in [3.05, 3.63) is 35.9 Å². The molecule has 3 atom stereocenters. The lowest BCUT2D eigenvalue weighted by Gasteiger charge is -2.46. The summed E-state index contributed by atoms with van der Waals surface area (Å²) in [4.78, 5) is 0. The molecule has 25 heavy (non-hydrogen) atoms. The van der Waals surface area contributed by atoms with Gasteiger partial charge in [-0.3, -0.25) is 4.57 Å². The molecule has 1 aromatic carbocycles. The molecule has 1 saturated carbocycles. The summed E-state index contributed by atoms with van der Waals surface area (Å²) in [5.41, 5.74) is 1.15. The van der Waals surface area contributed by atoms with Gasteiger partial charge in [0, 0.05) is 14.2 Å². The highest BCUT2D eigenvalue weighted by Crippen LogP contribution is 2.46. The van der Waals surface area contributed by atoms with E-state index >= 15 is 0 Å². The van der Waals surface area contributed by atoms with Crippen molar-refractivity contribution in [2.75, 3.05) is 14.2 Å². The first kappa shape index (κ1) is 20.6. The summed E-state index contributed by atoms with van der Waals surface area (Å²) in [6.45, 7) is 4.68. The Morgan fingerprint density at radius 3 is 2.08 bits per heavy atom. The van der Waals surface area contributed by atoms with Gasteiger partial charge in [0.1, 0.15) is 6.10 Å². The monoisotopic (exact) mass is 370 g/mol. The lowest BCUT2D eigenvalue weighted by molar-refractivity contribution is -0.139. The SMILES string of the molecule is CCC1(CC)CC(OC)C(O[PH](=O)OCc2ccccc2)C(OC)C1. The topological polar surface area (TPSA) is 54.0 Å². The minimum atomic E-state index is -2.63. The van der Waals surface area contributed by atoms with Crippen LogP contribution in [0.25, 0.3) is 0 Å². The maximum atomic E-state index is 12.3. The molecule has 0 aromatic heterocycles. The van der Waals surface area contributed by atoms with E-state index in [-0.39, 0.29) is 30.3 Å². The van der Waals surface area contributed by atoms with Crippen molar-refractivity contribution in [2.45, 2.75) is 64.4 Å². The molecule has 3 unspecified atom stereocenters. The van der Waals surface area contributed by atoms with Crippen LogP contribution < -0.4 is 0 Å². The predicted molar refractivity (Wildman–Crippen MR) is 98.9 cm³/mol. The molecule has 0 amide bonds. The molecule has 0 radical (unpaired) electrons. The van der Waals surface area contributed by atoms with Crippen LogP contribution in [-0.4, -0.2) is 32.5 Å². The summed E-state index contributed by atoms with van der Waals surface area (Å²) < 4.78 is 34.9. The summed E-state index contributed by atoms with van der Waals surface area (Å²) in [6.07, 6.45) is 3.23. The predicted octanol–water partition coefficient (Wildman–Crippen LogP) is 4.61. The maximum Gasteiger partial charge on any atom is 0.319 e. The molecule has 0 bridgehead atoms. The van der Waals surface area contributed by atoms with E-state index in [0.29, 0.717) is 0 Å². The van der Waals surface area contributed by atoms with E-state index in [4.69, 9.17) is 18.5 Å². The van der Waals surface area contributed by atoms with Crippen molar-refractivity contribution < 1.29 is 23.1 Å². The molecule has 1 aliphatic carbocycles. The van der Waals surface area contributed by atoms with E-state index < -0.39 is 8.25 Å². The van der Waals surface area contributed by atoms with Crippen LogP contribution in [0.1, 0.15) is 45.1 Å². The first-order valence-corrected chi connectivity index (χ1v) is 10.2. The highest BCUT2D eigenvalue weighted by atomic mass is 31.1. The zero-order valence-corrected chi connectivity index (χ0v) is 16.7. The number of hydrogen-bond acceptors (Lipinski definition) is 5. The second kappa shape index (κ2) is 9.84. The third kappa shape index (κ3) is 5.38. The standard InChI is InChI=1S/C19H31O5P/c1-5-19(6-2)12-16(21-3)18(17(13-19)22-4)24-25(20)23-14-15-10-8-7-9-11-15/h7-11,16-18,25H,5-6,12-14H2,1-4H3. The molecule has 1 aliphatic rings. The van der Waals surface area contributed by atoms with Gasteiger partial charge in [0.25, 0.3) is 0 Å². The zero-order valence-electron chi connectivity index (χ0n) is 15.7. The molecule has 5 nitrogen and oxygen atoms in total. The van der Waals surface area contributed by atoms with Gasteiger partial charge in [-0.15, -0.1) is 0 Å². The van der Waals surface area contributed by atoms with Gasteiger partial charge in [-0.25, -0.2) is 0 Å². The Labute approximate surface area is 152 Å². The second-order valence-electron chi connectivity index (χ2n) is 6.77. The third-order valence-corrected chi connectivity index (χ3v) is 6.38. The van der Waals surface area contributed by atoms with E-state index in [1.165, 1.54) is 0 Å². The van der Waals surface area contributed by atoms with E-state index in [2.05, 4.69) is 13.8 Å². The summed E-state index contributed by atoms with van der Waals surface area (Å²) in [7, 11) is 0.725. The van der Waals surface area contributed by atoms with E-state index in [1.807, 2.05) is 30.3 Å². The van der Waals surface area contributed by atoms with Crippen molar-refractivity contribution in [1.82, 2.24) is 0 Å². The zero-order chi connectivity index (χ0) is 18.3. The maximum absolute atomic E-state index is 12.3. The Bertz CT molecular complexity index is 516. The van der Waals surface area contributed by atoms with Crippen LogP contribution in [0.3, 0.4) is 0 Å². The Hall–Kier alpha value is -0.710. The third-order valence-electron chi connectivity index (χ3n) is 5.54. The van der Waals surface area contributed by atoms with Crippen LogP contribution >= 0.6 is 8.25 Å². The van der Waals surface area contributed by atoms with E-state index in [1.54, 1.807) is 14.2 Å². The van der Waals surface area contributed by atoms with Crippen LogP contribution in [-0.2, 0) is 29.7 Å². The number of hydrogen-bond donors (Lipinski definition) is 0. The van der Waals surface area contributed by atoms with Gasteiger partial charge < -0.3 is 18.5 Å². The number of methoxy groups -OCH3 is 2. The van der Waals surface area contributed by atoms with Gasteiger partial charge in [0.2, 0.25) is 0 Å². The fraction of sp³-hybridized carbons (Fsp3) is 0.684. The molecule has 0 spiro atoms. The molecule has 1 fully saturated rings. The quantitative estimate of drug-likeness (QED) is 0.594. The number of ether oxygens (including phenoxy) is 2. The molecule has 0 aliphatic heterocycles. The molecule has 0 saturated heterocycles.